The van der Waals surface area contributed by atoms with Gasteiger partial charge in [-0.25, -0.2) is 9.78 Å². The van der Waals surface area contributed by atoms with E-state index >= 15 is 0 Å². The molecule has 1 fully saturated rings. The number of hydrogen-bond acceptors (Lipinski definition) is 4. The maximum Gasteiger partial charge on any atom is 0.321 e. The van der Waals surface area contributed by atoms with E-state index in [1.54, 1.807) is 13.3 Å². The predicted octanol–water partition coefficient (Wildman–Crippen LogP) is 4.14. The number of likely N-dealkylation sites (tertiary alicyclic amines) is 1. The molecule has 1 aliphatic rings. The number of hydrogen-bond donors (Lipinski definition) is 3. The number of oxazole rings is 1. The Morgan fingerprint density at radius 3 is 2.61 bits per heavy atom. The average molecular weight is 447 g/mol. The van der Waals surface area contributed by atoms with Crippen LogP contribution in [0, 0.1) is 6.92 Å². The van der Waals surface area contributed by atoms with Crippen LogP contribution in [0.15, 0.2) is 64.2 Å². The first kappa shape index (κ1) is 22.4. The Kier molecular flexibility index (Phi) is 7.24. The summed E-state index contributed by atoms with van der Waals surface area (Å²) >= 11 is 0. The monoisotopic (exact) mass is 446 g/mol. The topological polar surface area (TPSA) is 94.8 Å². The minimum absolute atomic E-state index is 0.0345. The number of anilines is 1. The van der Waals surface area contributed by atoms with Gasteiger partial charge in [0.05, 0.1) is 12.2 Å². The molecule has 8 nitrogen and oxygen atoms in total. The van der Waals surface area contributed by atoms with E-state index in [0.717, 1.165) is 48.4 Å². The van der Waals surface area contributed by atoms with Crippen molar-refractivity contribution in [3.8, 4) is 11.5 Å². The quantitative estimate of drug-likeness (QED) is 0.391. The van der Waals surface area contributed by atoms with Crippen LogP contribution in [0.5, 0.6) is 0 Å². The summed E-state index contributed by atoms with van der Waals surface area (Å²) in [5.41, 5.74) is 4.77. The zero-order chi connectivity index (χ0) is 23.0. The van der Waals surface area contributed by atoms with E-state index in [4.69, 9.17) is 4.42 Å². The Morgan fingerprint density at radius 2 is 1.85 bits per heavy atom. The fourth-order valence-corrected chi connectivity index (χ4v) is 3.68. The average Bonchev–Trinajstić information content (AvgIpc) is 3.53. The minimum Gasteiger partial charge on any atom is -0.444 e. The van der Waals surface area contributed by atoms with Crippen molar-refractivity contribution in [2.24, 2.45) is 4.99 Å². The van der Waals surface area contributed by atoms with Gasteiger partial charge in [0.1, 0.15) is 6.26 Å². The Morgan fingerprint density at radius 1 is 1.09 bits per heavy atom. The summed E-state index contributed by atoms with van der Waals surface area (Å²) in [4.78, 5) is 23.0. The molecule has 8 heteroatoms. The molecular weight excluding hydrogens is 416 g/mol. The van der Waals surface area contributed by atoms with Crippen LogP contribution in [0.1, 0.15) is 29.7 Å². The third-order valence-electron chi connectivity index (χ3n) is 5.54. The van der Waals surface area contributed by atoms with Crippen LogP contribution in [0.2, 0.25) is 0 Å². The molecule has 1 saturated heterocycles. The lowest BCUT2D eigenvalue weighted by atomic mass is 10.1. The van der Waals surface area contributed by atoms with E-state index in [0.29, 0.717) is 24.9 Å². The summed E-state index contributed by atoms with van der Waals surface area (Å²) in [5.74, 6) is 1.25. The van der Waals surface area contributed by atoms with Gasteiger partial charge in [-0.1, -0.05) is 29.8 Å². The lowest BCUT2D eigenvalue weighted by Gasteiger charge is -2.17. The highest BCUT2D eigenvalue weighted by Crippen LogP contribution is 2.19. The number of aryl methyl sites for hydroxylation is 1. The molecule has 1 aromatic heterocycles. The fourth-order valence-electron chi connectivity index (χ4n) is 3.68. The maximum atomic E-state index is 12.3. The number of benzene rings is 2. The summed E-state index contributed by atoms with van der Waals surface area (Å²) in [5, 5.41) is 9.53. The summed E-state index contributed by atoms with van der Waals surface area (Å²) in [7, 11) is 1.72. The van der Waals surface area contributed by atoms with Gasteiger partial charge in [0.2, 0.25) is 5.89 Å². The van der Waals surface area contributed by atoms with Crippen molar-refractivity contribution in [3.05, 3.63) is 71.6 Å². The van der Waals surface area contributed by atoms with E-state index in [9.17, 15) is 4.79 Å². The summed E-state index contributed by atoms with van der Waals surface area (Å²) in [6, 6.07) is 15.9. The molecule has 172 valence electrons. The summed E-state index contributed by atoms with van der Waals surface area (Å²) < 4.78 is 5.62. The molecule has 0 saturated carbocycles. The fraction of sp³-hybridized carbons (Fsp3) is 0.320. The molecule has 0 spiro atoms. The number of amides is 2. The van der Waals surface area contributed by atoms with Crippen molar-refractivity contribution in [3.63, 3.8) is 0 Å². The largest absolute Gasteiger partial charge is 0.444 e. The zero-order valence-corrected chi connectivity index (χ0v) is 19.1. The number of aromatic nitrogens is 1. The van der Waals surface area contributed by atoms with Gasteiger partial charge in [-0.15, -0.1) is 0 Å². The number of carbonyl (C=O) groups excluding carboxylic acids is 1. The number of rotatable bonds is 6. The molecule has 0 aliphatic carbocycles. The first-order valence-electron chi connectivity index (χ1n) is 11.2. The van der Waals surface area contributed by atoms with E-state index in [1.165, 1.54) is 5.56 Å². The van der Waals surface area contributed by atoms with E-state index in [-0.39, 0.29) is 6.03 Å². The molecule has 0 radical (unpaired) electrons. The molecule has 3 aromatic rings. The van der Waals surface area contributed by atoms with Crippen molar-refractivity contribution in [1.29, 1.82) is 0 Å². The van der Waals surface area contributed by atoms with Crippen molar-refractivity contribution in [1.82, 2.24) is 20.5 Å². The Balaban J connectivity index is 1.27. The number of nitrogens with one attached hydrogen (secondary N) is 3. The lowest BCUT2D eigenvalue weighted by Crippen LogP contribution is -2.36. The maximum absolute atomic E-state index is 12.3. The van der Waals surface area contributed by atoms with E-state index in [1.807, 2.05) is 60.4 Å². The Hall–Kier alpha value is -3.81. The van der Waals surface area contributed by atoms with Crippen molar-refractivity contribution in [2.45, 2.75) is 32.9 Å². The molecule has 0 atom stereocenters. The van der Waals surface area contributed by atoms with Gasteiger partial charge in [-0.05, 0) is 49.6 Å². The Bertz CT molecular complexity index is 1100. The minimum atomic E-state index is -0.0345. The zero-order valence-electron chi connectivity index (χ0n) is 19.1. The van der Waals surface area contributed by atoms with Crippen molar-refractivity contribution < 1.29 is 9.21 Å². The SMILES string of the molecule is CN=C(NCc1cccc(NC(=O)N2CCCC2)c1)NCc1coc(-c2ccc(C)cc2)n1. The molecule has 2 heterocycles. The van der Waals surface area contributed by atoms with Crippen LogP contribution in [0.3, 0.4) is 0 Å². The second-order valence-electron chi connectivity index (χ2n) is 8.11. The van der Waals surface area contributed by atoms with Gasteiger partial charge in [0.15, 0.2) is 5.96 Å². The third-order valence-corrected chi connectivity index (χ3v) is 5.54. The molecule has 3 N–H and O–H groups in total. The van der Waals surface area contributed by atoms with E-state index < -0.39 is 0 Å². The number of aliphatic imine (C=N–C) groups is 1. The van der Waals surface area contributed by atoms with Gasteiger partial charge in [0, 0.05) is 37.9 Å². The van der Waals surface area contributed by atoms with Gasteiger partial charge in [0.25, 0.3) is 0 Å². The standard InChI is InChI=1S/C25H30N6O2/c1-18-8-10-20(11-9-18)23-29-22(17-33-23)16-28-24(26-2)27-15-19-6-5-7-21(14-19)30-25(32)31-12-3-4-13-31/h5-11,14,17H,3-4,12-13,15-16H2,1-2H3,(H,30,32)(H2,26,27,28). The molecule has 0 unspecified atom stereocenters. The molecular formula is C25H30N6O2. The first-order chi connectivity index (χ1) is 16.1. The van der Waals surface area contributed by atoms with E-state index in [2.05, 4.69) is 25.9 Å². The summed E-state index contributed by atoms with van der Waals surface area (Å²) in [6.45, 7) is 4.76. The summed E-state index contributed by atoms with van der Waals surface area (Å²) in [6.07, 6.45) is 3.80. The van der Waals surface area contributed by atoms with Gasteiger partial charge < -0.3 is 25.3 Å². The van der Waals surface area contributed by atoms with Crippen LogP contribution in [-0.2, 0) is 13.1 Å². The van der Waals surface area contributed by atoms with Crippen LogP contribution in [0.25, 0.3) is 11.5 Å². The highest BCUT2D eigenvalue weighted by molar-refractivity contribution is 5.89. The van der Waals surface area contributed by atoms with Gasteiger partial charge in [-0.2, -0.15) is 0 Å². The van der Waals surface area contributed by atoms with Gasteiger partial charge in [-0.3, -0.25) is 4.99 Å². The second-order valence-corrected chi connectivity index (χ2v) is 8.11. The van der Waals surface area contributed by atoms with Crippen LogP contribution < -0.4 is 16.0 Å². The highest BCUT2D eigenvalue weighted by atomic mass is 16.3. The number of guanidine groups is 1. The molecule has 1 aliphatic heterocycles. The molecule has 2 aromatic carbocycles. The molecule has 4 rings (SSSR count). The van der Waals surface area contributed by atoms with Crippen molar-refractivity contribution in [2.75, 3.05) is 25.5 Å². The normalized spacial score (nSPS) is 13.8. The molecule has 2 amide bonds. The van der Waals surface area contributed by atoms with Crippen LogP contribution in [-0.4, -0.2) is 42.0 Å². The van der Waals surface area contributed by atoms with Crippen molar-refractivity contribution >= 4 is 17.7 Å². The lowest BCUT2D eigenvalue weighted by molar-refractivity contribution is 0.222. The molecule has 0 bridgehead atoms. The molecule has 33 heavy (non-hydrogen) atoms. The first-order valence-corrected chi connectivity index (χ1v) is 11.2. The second kappa shape index (κ2) is 10.7. The highest BCUT2D eigenvalue weighted by Gasteiger charge is 2.17. The van der Waals surface area contributed by atoms with Crippen LogP contribution >= 0.6 is 0 Å². The predicted molar refractivity (Wildman–Crippen MR) is 130 cm³/mol. The Labute approximate surface area is 194 Å². The number of carbonyl (C=O) groups is 1. The van der Waals surface area contributed by atoms with Crippen LogP contribution in [0.4, 0.5) is 10.5 Å². The third kappa shape index (κ3) is 6.12. The number of urea groups is 1. The number of nitrogens with zero attached hydrogens (tertiary/aromatic N) is 3. The van der Waals surface area contributed by atoms with Gasteiger partial charge >= 0.3 is 6.03 Å². The smallest absolute Gasteiger partial charge is 0.321 e.